The van der Waals surface area contributed by atoms with E-state index in [9.17, 15) is 32.3 Å². The maximum absolute atomic E-state index is 11.5. The number of nitrogens with zero attached hydrogens (tertiary/aromatic N) is 1. The van der Waals surface area contributed by atoms with E-state index in [4.69, 9.17) is 15.7 Å². The Morgan fingerprint density at radius 2 is 1.56 bits per heavy atom. The van der Waals surface area contributed by atoms with Gasteiger partial charge >= 0.3 is 12.1 Å². The summed E-state index contributed by atoms with van der Waals surface area (Å²) in [6.07, 6.45) is -0.282. The largest absolute Gasteiger partial charge is 0.490 e. The van der Waals surface area contributed by atoms with Crippen LogP contribution in [-0.2, 0) is 24.0 Å². The third kappa shape index (κ3) is 10.6. The van der Waals surface area contributed by atoms with Crippen molar-refractivity contribution >= 4 is 29.6 Å². The summed E-state index contributed by atoms with van der Waals surface area (Å²) in [5, 5.41) is 9.74. The number of imide groups is 1. The van der Waals surface area contributed by atoms with Crippen molar-refractivity contribution < 1.29 is 42.3 Å². The molecule has 5 N–H and O–H groups in total. The summed E-state index contributed by atoms with van der Waals surface area (Å²) >= 11 is 0. The van der Waals surface area contributed by atoms with Crippen molar-refractivity contribution in [2.75, 3.05) is 13.1 Å². The molecule has 0 fully saturated rings. The summed E-state index contributed by atoms with van der Waals surface area (Å²) in [5.74, 6) is 0.632. The Kier molecular flexibility index (Phi) is 10.3. The molecule has 0 aromatic heterocycles. The quantitative estimate of drug-likeness (QED) is 0.138. The van der Waals surface area contributed by atoms with Gasteiger partial charge in [-0.2, -0.15) is 13.2 Å². The minimum absolute atomic E-state index is 0.215. The fourth-order valence-corrected chi connectivity index (χ4v) is 1.67. The van der Waals surface area contributed by atoms with Gasteiger partial charge < -0.3 is 10.4 Å². The van der Waals surface area contributed by atoms with E-state index in [1.807, 2.05) is 5.43 Å². The first-order chi connectivity index (χ1) is 12.5. The van der Waals surface area contributed by atoms with Crippen LogP contribution in [0.5, 0.6) is 0 Å². The maximum atomic E-state index is 11.5. The van der Waals surface area contributed by atoms with Crippen molar-refractivity contribution in [3.8, 4) is 0 Å². The Labute approximate surface area is 151 Å². The molecule has 27 heavy (non-hydrogen) atoms. The fraction of sp³-hybridized carbons (Fsp3) is 0.500. The number of amides is 4. The monoisotopic (exact) mass is 396 g/mol. The molecule has 0 atom stereocenters. The molecule has 0 saturated heterocycles. The molecule has 0 aromatic rings. The molecule has 1 aliphatic rings. The van der Waals surface area contributed by atoms with Crippen LogP contribution in [-0.4, -0.2) is 58.9 Å². The van der Waals surface area contributed by atoms with E-state index in [1.165, 1.54) is 0 Å². The number of hydrogen-bond donors (Lipinski definition) is 4. The molecule has 0 aliphatic carbocycles. The molecule has 1 rings (SSSR count). The maximum Gasteiger partial charge on any atom is 0.490 e. The Balaban J connectivity index is 0.000000821. The van der Waals surface area contributed by atoms with Crippen molar-refractivity contribution in [3.05, 3.63) is 12.2 Å². The van der Waals surface area contributed by atoms with Gasteiger partial charge in [-0.3, -0.25) is 29.5 Å². The first-order valence-corrected chi connectivity index (χ1v) is 7.58. The summed E-state index contributed by atoms with van der Waals surface area (Å²) in [7, 11) is 0. The molecular weight excluding hydrogens is 377 g/mol. The number of carbonyl (C=O) groups is 5. The number of carboxylic acid groups (broad SMARTS) is 1. The van der Waals surface area contributed by atoms with Crippen molar-refractivity contribution in [2.45, 2.75) is 31.9 Å². The van der Waals surface area contributed by atoms with Crippen molar-refractivity contribution in [3.63, 3.8) is 0 Å². The Morgan fingerprint density at radius 3 is 2.00 bits per heavy atom. The highest BCUT2D eigenvalue weighted by Gasteiger charge is 2.38. The van der Waals surface area contributed by atoms with Gasteiger partial charge in [0, 0.05) is 25.1 Å². The lowest BCUT2D eigenvalue weighted by atomic mass is 10.2. The molecule has 0 saturated carbocycles. The van der Waals surface area contributed by atoms with E-state index in [2.05, 4.69) is 5.32 Å². The first-order valence-electron chi connectivity index (χ1n) is 7.58. The molecule has 0 radical (unpaired) electrons. The first kappa shape index (κ1) is 24.0. The van der Waals surface area contributed by atoms with E-state index in [0.717, 1.165) is 23.5 Å². The molecule has 0 aromatic carbocycles. The number of nitrogens with one attached hydrogen (secondary N) is 2. The van der Waals surface area contributed by atoms with E-state index in [0.29, 0.717) is 25.8 Å². The number of carboxylic acids is 1. The predicted octanol–water partition coefficient (Wildman–Crippen LogP) is -0.789. The Bertz CT molecular complexity index is 588. The predicted molar refractivity (Wildman–Crippen MR) is 83.4 cm³/mol. The van der Waals surface area contributed by atoms with Crippen LogP contribution in [0.1, 0.15) is 25.7 Å². The lowest BCUT2D eigenvalue weighted by Crippen LogP contribution is -2.40. The summed E-state index contributed by atoms with van der Waals surface area (Å²) in [4.78, 5) is 54.5. The van der Waals surface area contributed by atoms with E-state index in [1.54, 1.807) is 0 Å². The number of hydrazine groups is 1. The van der Waals surface area contributed by atoms with Gasteiger partial charge in [0.2, 0.25) is 11.8 Å². The van der Waals surface area contributed by atoms with Crippen LogP contribution in [0, 0.1) is 0 Å². The summed E-state index contributed by atoms with van der Waals surface area (Å²) in [6, 6.07) is 0. The minimum atomic E-state index is -5.08. The minimum Gasteiger partial charge on any atom is -0.475 e. The molecule has 1 aliphatic heterocycles. The van der Waals surface area contributed by atoms with Crippen LogP contribution >= 0.6 is 0 Å². The molecular formula is C14H19F3N4O6. The zero-order valence-corrected chi connectivity index (χ0v) is 14.0. The van der Waals surface area contributed by atoms with Crippen LogP contribution in [0.25, 0.3) is 0 Å². The zero-order chi connectivity index (χ0) is 21.0. The summed E-state index contributed by atoms with van der Waals surface area (Å²) < 4.78 is 31.7. The number of aliphatic carboxylic acids is 1. The lowest BCUT2D eigenvalue weighted by molar-refractivity contribution is -0.192. The number of unbranched alkanes of at least 4 members (excludes halogenated alkanes) is 2. The molecule has 13 heteroatoms. The highest BCUT2D eigenvalue weighted by molar-refractivity contribution is 6.14. The zero-order valence-electron chi connectivity index (χ0n) is 14.0. The Morgan fingerprint density at radius 1 is 1.04 bits per heavy atom. The highest BCUT2D eigenvalue weighted by Crippen LogP contribution is 2.13. The second kappa shape index (κ2) is 11.6. The van der Waals surface area contributed by atoms with Crippen molar-refractivity contribution in [1.82, 2.24) is 15.6 Å². The van der Waals surface area contributed by atoms with Crippen LogP contribution in [0.2, 0.25) is 0 Å². The van der Waals surface area contributed by atoms with E-state index in [-0.39, 0.29) is 18.4 Å². The third-order valence-electron chi connectivity index (χ3n) is 3.01. The van der Waals surface area contributed by atoms with Crippen LogP contribution in [0.3, 0.4) is 0 Å². The van der Waals surface area contributed by atoms with Gasteiger partial charge in [0.05, 0.1) is 0 Å². The number of hydrogen-bond acceptors (Lipinski definition) is 6. The standard InChI is InChI=1S/C12H18N4O4.C2HF3O2/c13-15-9(17)4-2-1-3-7-14-10(18)8-16-11(19)5-6-12(16)20;3-2(4,5)1(6)7/h5-6H,1-4,7-8,13H2,(H,14,18)(H,15,17);(H,6,7). The molecule has 4 amide bonds. The van der Waals surface area contributed by atoms with Crippen molar-refractivity contribution in [1.29, 1.82) is 0 Å². The second-order valence-corrected chi connectivity index (χ2v) is 5.13. The van der Waals surface area contributed by atoms with Gasteiger partial charge in [0.1, 0.15) is 6.54 Å². The topological polar surface area (TPSA) is 159 Å². The summed E-state index contributed by atoms with van der Waals surface area (Å²) in [6.45, 7) is 0.174. The van der Waals surface area contributed by atoms with Gasteiger partial charge in [0.25, 0.3) is 11.8 Å². The van der Waals surface area contributed by atoms with Crippen LogP contribution < -0.4 is 16.6 Å². The summed E-state index contributed by atoms with van der Waals surface area (Å²) in [5.41, 5.74) is 2.04. The molecule has 10 nitrogen and oxygen atoms in total. The van der Waals surface area contributed by atoms with E-state index < -0.39 is 24.0 Å². The molecule has 0 unspecified atom stereocenters. The van der Waals surface area contributed by atoms with Gasteiger partial charge in [-0.05, 0) is 12.8 Å². The van der Waals surface area contributed by atoms with Gasteiger partial charge in [0.15, 0.2) is 0 Å². The van der Waals surface area contributed by atoms with Gasteiger partial charge in [-0.25, -0.2) is 10.6 Å². The number of carbonyl (C=O) groups excluding carboxylic acids is 4. The number of rotatable bonds is 8. The smallest absolute Gasteiger partial charge is 0.475 e. The SMILES string of the molecule is NNC(=O)CCCCCNC(=O)CN1C(=O)C=CC1=O.O=C(O)C(F)(F)F. The van der Waals surface area contributed by atoms with Gasteiger partial charge in [-0.15, -0.1) is 0 Å². The number of nitrogens with two attached hydrogens (primary N) is 1. The number of halogens is 3. The Hall–Kier alpha value is -2.96. The highest BCUT2D eigenvalue weighted by atomic mass is 19.4. The third-order valence-corrected chi connectivity index (χ3v) is 3.01. The van der Waals surface area contributed by atoms with Crippen LogP contribution in [0.15, 0.2) is 12.2 Å². The lowest BCUT2D eigenvalue weighted by Gasteiger charge is -2.13. The van der Waals surface area contributed by atoms with Crippen LogP contribution in [0.4, 0.5) is 13.2 Å². The molecule has 0 spiro atoms. The van der Waals surface area contributed by atoms with Gasteiger partial charge in [-0.1, -0.05) is 6.42 Å². The second-order valence-electron chi connectivity index (χ2n) is 5.13. The molecule has 152 valence electrons. The molecule has 1 heterocycles. The van der Waals surface area contributed by atoms with E-state index >= 15 is 0 Å². The average Bonchev–Trinajstić information content (AvgIpc) is 2.89. The average molecular weight is 396 g/mol. The fourth-order valence-electron chi connectivity index (χ4n) is 1.67. The molecule has 0 bridgehead atoms. The normalized spacial score (nSPS) is 13.1. The van der Waals surface area contributed by atoms with Crippen molar-refractivity contribution in [2.24, 2.45) is 5.84 Å². The number of alkyl halides is 3.